The molecule has 2 aromatic rings. The van der Waals surface area contributed by atoms with Crippen molar-refractivity contribution in [1.82, 2.24) is 25.4 Å². The Labute approximate surface area is 166 Å². The number of hydrogen-bond acceptors (Lipinski definition) is 4. The fraction of sp³-hybridized carbons (Fsp3) is 0.526. The molecule has 148 valence electrons. The summed E-state index contributed by atoms with van der Waals surface area (Å²) in [4.78, 5) is 4.65. The van der Waals surface area contributed by atoms with Crippen LogP contribution in [0.15, 0.2) is 35.6 Å². The second kappa shape index (κ2) is 11.6. The van der Waals surface area contributed by atoms with Gasteiger partial charge in [0.2, 0.25) is 0 Å². The van der Waals surface area contributed by atoms with Crippen molar-refractivity contribution in [3.05, 3.63) is 47.0 Å². The van der Waals surface area contributed by atoms with Crippen molar-refractivity contribution in [2.24, 2.45) is 4.99 Å². The fourth-order valence-corrected chi connectivity index (χ4v) is 3.00. The molecule has 0 amide bonds. The van der Waals surface area contributed by atoms with Gasteiger partial charge in [0.15, 0.2) is 5.96 Å². The summed E-state index contributed by atoms with van der Waals surface area (Å²) in [7, 11) is 1.70. The van der Waals surface area contributed by atoms with Crippen LogP contribution in [-0.4, -0.2) is 47.5 Å². The van der Waals surface area contributed by atoms with E-state index in [4.69, 9.17) is 16.3 Å². The van der Waals surface area contributed by atoms with E-state index < -0.39 is 0 Å². The van der Waals surface area contributed by atoms with E-state index >= 15 is 0 Å². The van der Waals surface area contributed by atoms with Crippen molar-refractivity contribution in [3.8, 4) is 0 Å². The van der Waals surface area contributed by atoms with Crippen LogP contribution in [0.2, 0.25) is 5.02 Å². The third kappa shape index (κ3) is 6.84. The first-order valence-corrected chi connectivity index (χ1v) is 9.68. The Balaban J connectivity index is 1.96. The van der Waals surface area contributed by atoms with E-state index in [1.807, 2.05) is 28.8 Å². The van der Waals surface area contributed by atoms with Gasteiger partial charge >= 0.3 is 0 Å². The topological polar surface area (TPSA) is 76.4 Å². The number of nitrogens with one attached hydrogen (secondary N) is 2. The smallest absolute Gasteiger partial charge is 0.191 e. The summed E-state index contributed by atoms with van der Waals surface area (Å²) in [6, 6.07) is 7.87. The van der Waals surface area contributed by atoms with Gasteiger partial charge in [-0.3, -0.25) is 4.99 Å². The van der Waals surface area contributed by atoms with Crippen molar-refractivity contribution >= 4 is 17.6 Å². The van der Waals surface area contributed by atoms with Crippen LogP contribution in [0.4, 0.5) is 0 Å². The molecule has 1 atom stereocenters. The van der Waals surface area contributed by atoms with Gasteiger partial charge in [0.25, 0.3) is 0 Å². The number of aliphatic imine (C=N–C) groups is 1. The predicted molar refractivity (Wildman–Crippen MR) is 109 cm³/mol. The van der Waals surface area contributed by atoms with Gasteiger partial charge in [-0.05, 0) is 25.0 Å². The molecule has 0 radical (unpaired) electrons. The van der Waals surface area contributed by atoms with Gasteiger partial charge in [0.1, 0.15) is 12.2 Å². The zero-order chi connectivity index (χ0) is 19.5. The van der Waals surface area contributed by atoms with E-state index in [-0.39, 0.29) is 6.04 Å². The molecule has 2 rings (SSSR count). The van der Waals surface area contributed by atoms with Gasteiger partial charge in [0, 0.05) is 44.8 Å². The minimum atomic E-state index is 0.0356. The highest BCUT2D eigenvalue weighted by molar-refractivity contribution is 6.31. The quantitative estimate of drug-likeness (QED) is 0.369. The second-order valence-corrected chi connectivity index (χ2v) is 6.59. The maximum Gasteiger partial charge on any atom is 0.191 e. The highest BCUT2D eigenvalue weighted by Gasteiger charge is 2.11. The van der Waals surface area contributed by atoms with Gasteiger partial charge in [-0.2, -0.15) is 0 Å². The third-order valence-corrected chi connectivity index (χ3v) is 4.50. The first-order valence-electron chi connectivity index (χ1n) is 9.30. The number of methoxy groups -OCH3 is 1. The SMILES string of the molecule is CCc1nncn1CCNC(=NCCCOC)NC(C)c1ccccc1Cl. The number of ether oxygens (including phenoxy) is 1. The number of benzene rings is 1. The monoisotopic (exact) mass is 392 g/mol. The van der Waals surface area contributed by atoms with E-state index in [0.717, 1.165) is 48.3 Å². The van der Waals surface area contributed by atoms with Crippen LogP contribution in [0.5, 0.6) is 0 Å². The molecule has 0 fully saturated rings. The molecule has 0 aliphatic heterocycles. The zero-order valence-electron chi connectivity index (χ0n) is 16.3. The van der Waals surface area contributed by atoms with Crippen molar-refractivity contribution in [2.45, 2.75) is 39.3 Å². The molecule has 1 unspecified atom stereocenters. The molecule has 1 heterocycles. The lowest BCUT2D eigenvalue weighted by molar-refractivity contribution is 0.197. The van der Waals surface area contributed by atoms with Crippen LogP contribution in [-0.2, 0) is 17.7 Å². The highest BCUT2D eigenvalue weighted by atomic mass is 35.5. The molecular weight excluding hydrogens is 364 g/mol. The first-order chi connectivity index (χ1) is 13.2. The van der Waals surface area contributed by atoms with E-state index in [0.29, 0.717) is 13.2 Å². The molecule has 2 N–H and O–H groups in total. The summed E-state index contributed by atoms with van der Waals surface area (Å²) in [5, 5.41) is 15.6. The molecule has 27 heavy (non-hydrogen) atoms. The molecule has 8 heteroatoms. The van der Waals surface area contributed by atoms with Crippen LogP contribution < -0.4 is 10.6 Å². The number of nitrogens with zero attached hydrogens (tertiary/aromatic N) is 4. The maximum atomic E-state index is 6.32. The Morgan fingerprint density at radius 1 is 1.37 bits per heavy atom. The number of rotatable bonds is 10. The first kappa shape index (κ1) is 21.2. The Morgan fingerprint density at radius 2 is 2.19 bits per heavy atom. The van der Waals surface area contributed by atoms with Gasteiger partial charge in [-0.25, -0.2) is 0 Å². The molecule has 1 aromatic carbocycles. The van der Waals surface area contributed by atoms with E-state index in [2.05, 4.69) is 39.7 Å². The molecule has 0 saturated heterocycles. The van der Waals surface area contributed by atoms with E-state index in [1.165, 1.54) is 0 Å². The molecule has 7 nitrogen and oxygen atoms in total. The van der Waals surface area contributed by atoms with Crippen LogP contribution in [0.25, 0.3) is 0 Å². The second-order valence-electron chi connectivity index (χ2n) is 6.19. The average Bonchev–Trinajstić information content (AvgIpc) is 3.12. The normalized spacial score (nSPS) is 12.8. The molecule has 0 saturated carbocycles. The molecule has 0 aliphatic carbocycles. The average molecular weight is 393 g/mol. The van der Waals surface area contributed by atoms with Crippen molar-refractivity contribution < 1.29 is 4.74 Å². The number of aromatic nitrogens is 3. The summed E-state index contributed by atoms with van der Waals surface area (Å²) in [5.74, 6) is 1.73. The lowest BCUT2D eigenvalue weighted by Crippen LogP contribution is -2.40. The molecule has 0 spiro atoms. The number of aryl methyl sites for hydroxylation is 1. The Morgan fingerprint density at radius 3 is 2.93 bits per heavy atom. The molecule has 1 aromatic heterocycles. The Bertz CT molecular complexity index is 718. The molecule has 0 aliphatic rings. The minimum Gasteiger partial charge on any atom is -0.385 e. The van der Waals surface area contributed by atoms with Gasteiger partial charge in [-0.15, -0.1) is 10.2 Å². The molecular formula is C19H29ClN6O. The maximum absolute atomic E-state index is 6.32. The van der Waals surface area contributed by atoms with Crippen molar-refractivity contribution in [2.75, 3.05) is 26.8 Å². The van der Waals surface area contributed by atoms with Gasteiger partial charge < -0.3 is 19.9 Å². The van der Waals surface area contributed by atoms with Gasteiger partial charge in [0.05, 0.1) is 6.04 Å². The number of guanidine groups is 1. The van der Waals surface area contributed by atoms with E-state index in [9.17, 15) is 0 Å². The van der Waals surface area contributed by atoms with Crippen molar-refractivity contribution in [1.29, 1.82) is 0 Å². The van der Waals surface area contributed by atoms with Crippen LogP contribution >= 0.6 is 11.6 Å². The summed E-state index contributed by atoms with van der Waals surface area (Å²) < 4.78 is 7.15. The number of hydrogen-bond donors (Lipinski definition) is 2. The lowest BCUT2D eigenvalue weighted by Gasteiger charge is -2.20. The van der Waals surface area contributed by atoms with E-state index in [1.54, 1.807) is 13.4 Å². The lowest BCUT2D eigenvalue weighted by atomic mass is 10.1. The minimum absolute atomic E-state index is 0.0356. The van der Waals surface area contributed by atoms with Crippen LogP contribution in [0.1, 0.15) is 37.7 Å². The van der Waals surface area contributed by atoms with Crippen LogP contribution in [0.3, 0.4) is 0 Å². The Hall–Kier alpha value is -2.12. The summed E-state index contributed by atoms with van der Waals surface area (Å²) in [6.45, 7) is 7.01. The standard InChI is InChI=1S/C19H29ClN6O/c1-4-18-25-23-14-26(18)12-11-22-19(21-10-7-13-27-3)24-15(2)16-8-5-6-9-17(16)20/h5-6,8-9,14-15H,4,7,10-13H2,1-3H3,(H2,21,22,24). The third-order valence-electron chi connectivity index (χ3n) is 4.16. The largest absolute Gasteiger partial charge is 0.385 e. The predicted octanol–water partition coefficient (Wildman–Crippen LogP) is 2.83. The summed E-state index contributed by atoms with van der Waals surface area (Å²) in [5.41, 5.74) is 1.04. The van der Waals surface area contributed by atoms with Crippen molar-refractivity contribution in [3.63, 3.8) is 0 Å². The van der Waals surface area contributed by atoms with Gasteiger partial charge in [-0.1, -0.05) is 36.7 Å². The number of halogens is 1. The fourth-order valence-electron chi connectivity index (χ4n) is 2.70. The Kier molecular flexibility index (Phi) is 9.07. The molecule has 0 bridgehead atoms. The summed E-state index contributed by atoms with van der Waals surface area (Å²) in [6.07, 6.45) is 3.49. The zero-order valence-corrected chi connectivity index (χ0v) is 17.0. The summed E-state index contributed by atoms with van der Waals surface area (Å²) >= 11 is 6.32. The van der Waals surface area contributed by atoms with Crippen LogP contribution in [0, 0.1) is 0 Å². The highest BCUT2D eigenvalue weighted by Crippen LogP contribution is 2.21.